The number of rotatable bonds is 4. The van der Waals surface area contributed by atoms with E-state index < -0.39 is 0 Å². The van der Waals surface area contributed by atoms with Gasteiger partial charge in [0.1, 0.15) is 0 Å². The van der Waals surface area contributed by atoms with Crippen LogP contribution in [-0.2, 0) is 11.2 Å². The van der Waals surface area contributed by atoms with Crippen LogP contribution in [0.3, 0.4) is 0 Å². The van der Waals surface area contributed by atoms with Crippen LogP contribution >= 0.6 is 0 Å². The SMILES string of the molecule is Cc1[nH]c2ccccc2c1CC(=O)NC1CC(c2ccncc2)NN1. The van der Waals surface area contributed by atoms with Crippen molar-refractivity contribution >= 4 is 16.8 Å². The molecule has 1 aliphatic heterocycles. The maximum atomic E-state index is 12.5. The number of benzene rings is 1. The molecule has 128 valence electrons. The molecule has 0 saturated carbocycles. The minimum Gasteiger partial charge on any atom is -0.358 e. The van der Waals surface area contributed by atoms with Crippen LogP contribution in [0.4, 0.5) is 0 Å². The first-order valence-electron chi connectivity index (χ1n) is 8.47. The Kier molecular flexibility index (Phi) is 4.21. The van der Waals surface area contributed by atoms with Crippen molar-refractivity contribution in [2.24, 2.45) is 0 Å². The molecule has 0 spiro atoms. The highest BCUT2D eigenvalue weighted by molar-refractivity contribution is 5.90. The molecule has 25 heavy (non-hydrogen) atoms. The van der Waals surface area contributed by atoms with Gasteiger partial charge in [-0.25, -0.2) is 10.9 Å². The smallest absolute Gasteiger partial charge is 0.225 e. The quantitative estimate of drug-likeness (QED) is 0.588. The maximum Gasteiger partial charge on any atom is 0.225 e. The normalized spacial score (nSPS) is 20.0. The number of para-hydroxylation sites is 1. The van der Waals surface area contributed by atoms with Crippen molar-refractivity contribution in [1.29, 1.82) is 0 Å². The molecule has 6 nitrogen and oxygen atoms in total. The Labute approximate surface area is 146 Å². The lowest BCUT2D eigenvalue weighted by molar-refractivity contribution is -0.121. The molecule has 2 atom stereocenters. The Morgan fingerprint density at radius 1 is 1.20 bits per heavy atom. The highest BCUT2D eigenvalue weighted by Crippen LogP contribution is 2.23. The van der Waals surface area contributed by atoms with Crippen molar-refractivity contribution in [1.82, 2.24) is 26.1 Å². The van der Waals surface area contributed by atoms with E-state index in [9.17, 15) is 4.79 Å². The summed E-state index contributed by atoms with van der Waals surface area (Å²) >= 11 is 0. The molecule has 0 radical (unpaired) electrons. The lowest BCUT2D eigenvalue weighted by Crippen LogP contribution is -2.44. The number of aromatic amines is 1. The zero-order valence-electron chi connectivity index (χ0n) is 14.0. The summed E-state index contributed by atoms with van der Waals surface area (Å²) in [4.78, 5) is 19.9. The average molecular weight is 335 g/mol. The third-order valence-electron chi connectivity index (χ3n) is 4.71. The number of H-pyrrole nitrogens is 1. The van der Waals surface area contributed by atoms with Crippen LogP contribution in [0.2, 0.25) is 0 Å². The summed E-state index contributed by atoms with van der Waals surface area (Å²) in [5.74, 6) is 0.0162. The molecule has 0 bridgehead atoms. The number of carbonyl (C=O) groups excluding carboxylic acids is 1. The van der Waals surface area contributed by atoms with E-state index >= 15 is 0 Å². The number of carbonyl (C=O) groups is 1. The molecule has 4 N–H and O–H groups in total. The van der Waals surface area contributed by atoms with Crippen LogP contribution in [0.5, 0.6) is 0 Å². The summed E-state index contributed by atoms with van der Waals surface area (Å²) in [5.41, 5.74) is 10.7. The molecule has 3 heterocycles. The van der Waals surface area contributed by atoms with Crippen molar-refractivity contribution in [2.75, 3.05) is 0 Å². The molecule has 1 saturated heterocycles. The van der Waals surface area contributed by atoms with E-state index in [2.05, 4.69) is 32.2 Å². The Balaban J connectivity index is 1.40. The highest BCUT2D eigenvalue weighted by Gasteiger charge is 2.26. The predicted molar refractivity (Wildman–Crippen MR) is 96.5 cm³/mol. The molecule has 2 aromatic heterocycles. The number of hydrogen-bond donors (Lipinski definition) is 4. The van der Waals surface area contributed by atoms with Crippen molar-refractivity contribution in [2.45, 2.75) is 32.0 Å². The molecule has 4 rings (SSSR count). The molecule has 1 aromatic carbocycles. The number of nitrogens with one attached hydrogen (secondary N) is 4. The number of aryl methyl sites for hydroxylation is 1. The fourth-order valence-electron chi connectivity index (χ4n) is 3.43. The summed E-state index contributed by atoms with van der Waals surface area (Å²) in [6.07, 6.45) is 4.64. The van der Waals surface area contributed by atoms with Crippen LogP contribution in [-0.4, -0.2) is 22.0 Å². The van der Waals surface area contributed by atoms with E-state index in [1.54, 1.807) is 12.4 Å². The number of pyridine rings is 1. The predicted octanol–water partition coefficient (Wildman–Crippen LogP) is 2.10. The average Bonchev–Trinajstić information content (AvgIpc) is 3.21. The van der Waals surface area contributed by atoms with Crippen LogP contribution in [0.25, 0.3) is 10.9 Å². The van der Waals surface area contributed by atoms with Gasteiger partial charge < -0.3 is 10.3 Å². The first-order chi connectivity index (χ1) is 12.2. The summed E-state index contributed by atoms with van der Waals surface area (Å²) in [6.45, 7) is 2.01. The van der Waals surface area contributed by atoms with Gasteiger partial charge in [-0.05, 0) is 36.2 Å². The van der Waals surface area contributed by atoms with Gasteiger partial charge in [0.2, 0.25) is 5.91 Å². The summed E-state index contributed by atoms with van der Waals surface area (Å²) in [5, 5.41) is 4.18. The van der Waals surface area contributed by atoms with Crippen LogP contribution in [0, 0.1) is 6.92 Å². The van der Waals surface area contributed by atoms with Crippen molar-refractivity contribution < 1.29 is 4.79 Å². The van der Waals surface area contributed by atoms with Crippen molar-refractivity contribution in [3.05, 3.63) is 65.6 Å². The van der Waals surface area contributed by atoms with Crippen molar-refractivity contribution in [3.8, 4) is 0 Å². The number of hydrazine groups is 1. The second-order valence-electron chi connectivity index (χ2n) is 6.43. The largest absolute Gasteiger partial charge is 0.358 e. The fraction of sp³-hybridized carbons (Fsp3) is 0.263. The van der Waals surface area contributed by atoms with Gasteiger partial charge in [-0.2, -0.15) is 0 Å². The van der Waals surface area contributed by atoms with E-state index in [0.29, 0.717) is 6.42 Å². The van der Waals surface area contributed by atoms with Gasteiger partial charge in [0.05, 0.1) is 12.6 Å². The molecule has 1 fully saturated rings. The second kappa shape index (κ2) is 6.66. The highest BCUT2D eigenvalue weighted by atomic mass is 16.1. The molecule has 3 aromatic rings. The Morgan fingerprint density at radius 2 is 2.00 bits per heavy atom. The van der Waals surface area contributed by atoms with Gasteiger partial charge in [-0.15, -0.1) is 0 Å². The maximum absolute atomic E-state index is 12.5. The zero-order valence-corrected chi connectivity index (χ0v) is 14.0. The molecule has 6 heteroatoms. The molecule has 1 amide bonds. The first kappa shape index (κ1) is 15.8. The van der Waals surface area contributed by atoms with E-state index in [1.165, 1.54) is 0 Å². The molecular formula is C19H21N5O. The first-order valence-corrected chi connectivity index (χ1v) is 8.47. The Hall–Kier alpha value is -2.70. The van der Waals surface area contributed by atoms with Gasteiger partial charge in [-0.3, -0.25) is 9.78 Å². The molecule has 1 aliphatic rings. The third kappa shape index (κ3) is 3.26. The summed E-state index contributed by atoms with van der Waals surface area (Å²) in [7, 11) is 0. The van der Waals surface area contributed by atoms with E-state index in [0.717, 1.165) is 34.1 Å². The number of amides is 1. The number of aromatic nitrogens is 2. The van der Waals surface area contributed by atoms with Gasteiger partial charge in [0.25, 0.3) is 0 Å². The fourth-order valence-corrected chi connectivity index (χ4v) is 3.43. The summed E-state index contributed by atoms with van der Waals surface area (Å²) < 4.78 is 0. The monoisotopic (exact) mass is 335 g/mol. The van der Waals surface area contributed by atoms with E-state index in [4.69, 9.17) is 0 Å². The van der Waals surface area contributed by atoms with Gasteiger partial charge >= 0.3 is 0 Å². The third-order valence-corrected chi connectivity index (χ3v) is 4.71. The Bertz CT molecular complexity index is 889. The lowest BCUT2D eigenvalue weighted by atomic mass is 10.1. The van der Waals surface area contributed by atoms with E-state index in [-0.39, 0.29) is 18.1 Å². The number of hydrogen-bond acceptors (Lipinski definition) is 4. The van der Waals surface area contributed by atoms with Gasteiger partial charge in [-0.1, -0.05) is 18.2 Å². The standard InChI is InChI=1S/C19H21N5O/c1-12-15(14-4-2-3-5-16(14)21-12)10-19(25)22-18-11-17(23-24-18)13-6-8-20-9-7-13/h2-9,17-18,21,23-24H,10-11H2,1H3,(H,22,25). The van der Waals surface area contributed by atoms with Crippen LogP contribution < -0.4 is 16.2 Å². The molecular weight excluding hydrogens is 314 g/mol. The topological polar surface area (TPSA) is 81.8 Å². The lowest BCUT2D eigenvalue weighted by Gasteiger charge is -2.12. The number of nitrogens with zero attached hydrogens (tertiary/aromatic N) is 1. The van der Waals surface area contributed by atoms with E-state index in [1.807, 2.05) is 37.3 Å². The summed E-state index contributed by atoms with van der Waals surface area (Å²) in [6, 6.07) is 12.2. The second-order valence-corrected chi connectivity index (χ2v) is 6.43. The molecule has 2 unspecified atom stereocenters. The minimum atomic E-state index is -0.0869. The van der Waals surface area contributed by atoms with Crippen LogP contribution in [0.1, 0.15) is 29.3 Å². The van der Waals surface area contributed by atoms with Crippen molar-refractivity contribution in [3.63, 3.8) is 0 Å². The zero-order chi connectivity index (χ0) is 17.2. The number of fused-ring (bicyclic) bond motifs is 1. The van der Waals surface area contributed by atoms with Gasteiger partial charge in [0, 0.05) is 41.5 Å². The Morgan fingerprint density at radius 3 is 2.84 bits per heavy atom. The molecule has 0 aliphatic carbocycles. The van der Waals surface area contributed by atoms with Gasteiger partial charge in [0.15, 0.2) is 0 Å². The van der Waals surface area contributed by atoms with Crippen LogP contribution in [0.15, 0.2) is 48.8 Å². The minimum absolute atomic E-state index is 0.0162.